The fourth-order valence-corrected chi connectivity index (χ4v) is 1.19. The normalized spacial score (nSPS) is 9.00. The first-order valence-electron chi connectivity index (χ1n) is 3.39. The first-order valence-corrected chi connectivity index (χ1v) is 4.15. The molecule has 1 N–H and O–H groups in total. The van der Waals surface area contributed by atoms with Gasteiger partial charge in [0.2, 0.25) is 0 Å². The molecule has 0 bridgehead atoms. The van der Waals surface area contributed by atoms with E-state index < -0.39 is 12.6 Å². The maximum atomic E-state index is 10.2. The Morgan fingerprint density at radius 2 is 2.07 bits per heavy atom. The molecular weight excluding hydrogens is 279 g/mol. The van der Waals surface area contributed by atoms with Gasteiger partial charge in [0.05, 0.1) is 5.02 Å². The molecule has 0 aliphatic rings. The van der Waals surface area contributed by atoms with Gasteiger partial charge in [-0.25, -0.2) is 4.79 Å². The first-order chi connectivity index (χ1) is 6.09. The van der Waals surface area contributed by atoms with Crippen LogP contribution in [-0.4, -0.2) is 17.7 Å². The number of carboxylic acid groups (broad SMARTS) is 1. The van der Waals surface area contributed by atoms with Crippen molar-refractivity contribution in [2.45, 2.75) is 0 Å². The van der Waals surface area contributed by atoms with Gasteiger partial charge in [-0.3, -0.25) is 0 Å². The van der Waals surface area contributed by atoms with Crippen molar-refractivity contribution in [1.82, 2.24) is 0 Å². The number of carboxylic acids is 1. The van der Waals surface area contributed by atoms with Crippen LogP contribution in [0, 0.1) is 0 Å². The second-order valence-corrected chi connectivity index (χ2v) is 3.10. The van der Waals surface area contributed by atoms with E-state index in [9.17, 15) is 4.79 Å². The average molecular weight is 285 g/mol. The van der Waals surface area contributed by atoms with Crippen LogP contribution in [0.4, 0.5) is 0 Å². The summed E-state index contributed by atoms with van der Waals surface area (Å²) in [5.74, 6) is -0.737. The smallest absolute Gasteiger partial charge is 0.341 e. The molecule has 0 amide bonds. The van der Waals surface area contributed by atoms with Gasteiger partial charge in [0.15, 0.2) is 6.61 Å². The zero-order chi connectivity index (χ0) is 9.84. The summed E-state index contributed by atoms with van der Waals surface area (Å²) in [6.07, 6.45) is 0. The van der Waals surface area contributed by atoms with Crippen molar-refractivity contribution in [2.75, 3.05) is 6.61 Å². The molecule has 14 heavy (non-hydrogen) atoms. The number of ether oxygens (including phenoxy) is 1. The molecule has 1 aromatic rings. The molecule has 1 aromatic carbocycles. The van der Waals surface area contributed by atoms with E-state index >= 15 is 0 Å². The van der Waals surface area contributed by atoms with E-state index in [1.807, 2.05) is 0 Å². The van der Waals surface area contributed by atoms with E-state index in [1.54, 1.807) is 6.07 Å². The zero-order valence-electron chi connectivity index (χ0n) is 6.76. The Bertz CT molecular complexity index is 330. The molecule has 3 nitrogen and oxygen atoms in total. The maximum absolute atomic E-state index is 10.2. The number of aliphatic carboxylic acids is 1. The van der Waals surface area contributed by atoms with Gasteiger partial charge in [0, 0.05) is 22.1 Å². The Kier molecular flexibility index (Phi) is 5.96. The van der Waals surface area contributed by atoms with E-state index in [4.69, 9.17) is 33.0 Å². The standard InChI is InChI=1S/C8H6Cl2O3.Cu/c9-5-1-2-7(6(10)3-5)13-4-8(11)12;/h1-3H,4H2,(H,11,12);. The molecule has 0 aromatic heterocycles. The maximum Gasteiger partial charge on any atom is 0.341 e. The SMILES string of the molecule is O=C(O)COc1ccc(Cl)cc1Cl.[Cu]. The fraction of sp³-hybridized carbons (Fsp3) is 0.125. The minimum atomic E-state index is -1.05. The second kappa shape index (κ2) is 6.14. The van der Waals surface area contributed by atoms with Gasteiger partial charge in [-0.1, -0.05) is 23.2 Å². The summed E-state index contributed by atoms with van der Waals surface area (Å²) in [7, 11) is 0. The van der Waals surface area contributed by atoms with Crippen LogP contribution in [0.1, 0.15) is 0 Å². The molecule has 0 heterocycles. The van der Waals surface area contributed by atoms with Gasteiger partial charge in [0.25, 0.3) is 0 Å². The Hall–Kier alpha value is -0.411. The summed E-state index contributed by atoms with van der Waals surface area (Å²) in [5.41, 5.74) is 0. The summed E-state index contributed by atoms with van der Waals surface area (Å²) in [5, 5.41) is 9.11. The van der Waals surface area contributed by atoms with E-state index in [0.29, 0.717) is 15.8 Å². The Morgan fingerprint density at radius 3 is 2.57 bits per heavy atom. The molecule has 0 saturated carbocycles. The van der Waals surface area contributed by atoms with Gasteiger partial charge in [-0.15, -0.1) is 0 Å². The molecular formula is C8H6Cl2CuO3. The number of hydrogen-bond donors (Lipinski definition) is 1. The summed E-state index contributed by atoms with van der Waals surface area (Å²) in [4.78, 5) is 10.2. The van der Waals surface area contributed by atoms with Crippen LogP contribution >= 0.6 is 23.2 Å². The third kappa shape index (κ3) is 4.20. The third-order valence-corrected chi connectivity index (χ3v) is 1.78. The number of benzene rings is 1. The number of rotatable bonds is 3. The predicted octanol–water partition coefficient (Wildman–Crippen LogP) is 2.45. The van der Waals surface area contributed by atoms with Crippen molar-refractivity contribution in [3.05, 3.63) is 28.2 Å². The van der Waals surface area contributed by atoms with Crippen molar-refractivity contribution in [3.63, 3.8) is 0 Å². The van der Waals surface area contributed by atoms with Gasteiger partial charge in [-0.05, 0) is 18.2 Å². The molecule has 0 saturated heterocycles. The van der Waals surface area contributed by atoms with Crippen LogP contribution in [0.3, 0.4) is 0 Å². The third-order valence-electron chi connectivity index (χ3n) is 1.25. The Balaban J connectivity index is 0.00000169. The van der Waals surface area contributed by atoms with Gasteiger partial charge in [0.1, 0.15) is 5.75 Å². The van der Waals surface area contributed by atoms with E-state index in [0.717, 1.165) is 0 Å². The summed E-state index contributed by atoms with van der Waals surface area (Å²) >= 11 is 11.3. The fourth-order valence-electron chi connectivity index (χ4n) is 0.732. The monoisotopic (exact) mass is 283 g/mol. The zero-order valence-corrected chi connectivity index (χ0v) is 9.21. The average Bonchev–Trinajstić information content (AvgIpc) is 2.02. The van der Waals surface area contributed by atoms with E-state index in [1.165, 1.54) is 12.1 Å². The van der Waals surface area contributed by atoms with Crippen molar-refractivity contribution in [1.29, 1.82) is 0 Å². The van der Waals surface area contributed by atoms with Gasteiger partial charge in [-0.2, -0.15) is 0 Å². The number of carbonyl (C=O) groups is 1. The van der Waals surface area contributed by atoms with E-state index in [-0.39, 0.29) is 17.1 Å². The van der Waals surface area contributed by atoms with Crippen LogP contribution in [0.15, 0.2) is 18.2 Å². The van der Waals surface area contributed by atoms with Crippen molar-refractivity contribution < 1.29 is 31.7 Å². The summed E-state index contributed by atoms with van der Waals surface area (Å²) < 4.78 is 4.86. The minimum Gasteiger partial charge on any atom is -0.480 e. The molecule has 0 aliphatic heterocycles. The Morgan fingerprint density at radius 1 is 1.43 bits per heavy atom. The largest absolute Gasteiger partial charge is 0.480 e. The first kappa shape index (κ1) is 13.6. The van der Waals surface area contributed by atoms with Crippen molar-refractivity contribution >= 4 is 29.2 Å². The molecule has 0 spiro atoms. The van der Waals surface area contributed by atoms with Crippen LogP contribution < -0.4 is 4.74 Å². The molecule has 6 heteroatoms. The number of halogens is 2. The molecule has 0 unspecified atom stereocenters. The molecule has 0 aliphatic carbocycles. The van der Waals surface area contributed by atoms with Crippen molar-refractivity contribution in [2.24, 2.45) is 0 Å². The van der Waals surface area contributed by atoms with Crippen molar-refractivity contribution in [3.8, 4) is 5.75 Å². The molecule has 81 valence electrons. The minimum absolute atomic E-state index is 0. The van der Waals surface area contributed by atoms with Crippen LogP contribution in [-0.2, 0) is 21.9 Å². The molecule has 1 rings (SSSR count). The second-order valence-electron chi connectivity index (χ2n) is 2.26. The molecule has 1 radical (unpaired) electrons. The Labute approximate surface area is 101 Å². The molecule has 0 atom stereocenters. The van der Waals surface area contributed by atoms with Crippen LogP contribution in [0.2, 0.25) is 10.0 Å². The molecule has 0 fully saturated rings. The summed E-state index contributed by atoms with van der Waals surface area (Å²) in [6.45, 7) is -0.415. The van der Waals surface area contributed by atoms with Gasteiger partial charge < -0.3 is 9.84 Å². The van der Waals surface area contributed by atoms with Crippen LogP contribution in [0.5, 0.6) is 5.75 Å². The van der Waals surface area contributed by atoms with Gasteiger partial charge >= 0.3 is 5.97 Å². The number of hydrogen-bond acceptors (Lipinski definition) is 2. The predicted molar refractivity (Wildman–Crippen MR) is 49.6 cm³/mol. The van der Waals surface area contributed by atoms with Crippen LogP contribution in [0.25, 0.3) is 0 Å². The topological polar surface area (TPSA) is 46.5 Å². The van der Waals surface area contributed by atoms with E-state index in [2.05, 4.69) is 0 Å². The summed E-state index contributed by atoms with van der Waals surface area (Å²) in [6, 6.07) is 4.58. The quantitative estimate of drug-likeness (QED) is 0.867.